The lowest BCUT2D eigenvalue weighted by Crippen LogP contribution is -2.14. The molecule has 0 heterocycles. The van der Waals surface area contributed by atoms with Gasteiger partial charge in [-0.1, -0.05) is 13.3 Å². The third kappa shape index (κ3) is 4.26. The van der Waals surface area contributed by atoms with Crippen LogP contribution in [0.5, 0.6) is 0 Å². The van der Waals surface area contributed by atoms with E-state index in [4.69, 9.17) is 0 Å². The average Bonchev–Trinajstić information content (AvgIpc) is 1.95. The fraction of sp³-hybridized carbons (Fsp3) is 0.750. The van der Waals surface area contributed by atoms with Gasteiger partial charge in [0.05, 0.1) is 0 Å². The van der Waals surface area contributed by atoms with Crippen molar-refractivity contribution < 1.29 is 13.2 Å². The minimum atomic E-state index is -4.18. The summed E-state index contributed by atoms with van der Waals surface area (Å²) >= 11 is 0. The Hall–Kier alpha value is -0.670. The van der Waals surface area contributed by atoms with Gasteiger partial charge in [-0.05, 0) is 12.8 Å². The second-order valence-electron chi connectivity index (χ2n) is 2.56. The van der Waals surface area contributed by atoms with E-state index < -0.39 is 11.7 Å². The second-order valence-corrected chi connectivity index (χ2v) is 2.56. The first-order valence-electron chi connectivity index (χ1n) is 3.95. The Labute approximate surface area is 70.7 Å². The molecule has 0 amide bonds. The van der Waals surface area contributed by atoms with Gasteiger partial charge in [-0.25, -0.2) is 0 Å². The van der Waals surface area contributed by atoms with E-state index in [1.54, 1.807) is 0 Å². The lowest BCUT2D eigenvalue weighted by atomic mass is 10.1. The predicted octanol–water partition coefficient (Wildman–Crippen LogP) is 2.84. The highest BCUT2D eigenvalue weighted by atomic mass is 19.4. The number of alkyl halides is 3. The fourth-order valence-electron chi connectivity index (χ4n) is 0.837. The van der Waals surface area contributed by atoms with Crippen molar-refractivity contribution in [3.63, 3.8) is 0 Å². The summed E-state index contributed by atoms with van der Waals surface area (Å²) < 4.78 is 36.4. The number of halogens is 3. The van der Waals surface area contributed by atoms with Gasteiger partial charge in [0.15, 0.2) is 0 Å². The summed E-state index contributed by atoms with van der Waals surface area (Å²) in [7, 11) is 1.47. The summed E-state index contributed by atoms with van der Waals surface area (Å²) in [6.45, 7) is 1.87. The Morgan fingerprint density at radius 3 is 2.33 bits per heavy atom. The molecule has 12 heavy (non-hydrogen) atoms. The van der Waals surface area contributed by atoms with Gasteiger partial charge in [0.1, 0.15) is 0 Å². The number of hydrogen-bond donors (Lipinski definition) is 1. The van der Waals surface area contributed by atoms with E-state index in [2.05, 4.69) is 5.32 Å². The molecule has 0 aliphatic rings. The van der Waals surface area contributed by atoms with Crippen molar-refractivity contribution in [2.45, 2.75) is 32.4 Å². The predicted molar refractivity (Wildman–Crippen MR) is 42.7 cm³/mol. The maximum absolute atomic E-state index is 12.1. The van der Waals surface area contributed by atoms with Crippen molar-refractivity contribution in [2.75, 3.05) is 7.05 Å². The minimum absolute atomic E-state index is 0.0981. The molecule has 0 rings (SSSR count). The van der Waals surface area contributed by atoms with Gasteiger partial charge < -0.3 is 5.32 Å². The Bertz CT molecular complexity index is 149. The standard InChI is InChI=1S/C8H14F3N/c1-3-4-5-7(6-12-2)8(9,10)11/h6,12H,3-5H2,1-2H3/b7-6+. The van der Waals surface area contributed by atoms with E-state index >= 15 is 0 Å². The first-order valence-corrected chi connectivity index (χ1v) is 3.95. The van der Waals surface area contributed by atoms with Gasteiger partial charge in [-0.3, -0.25) is 0 Å². The minimum Gasteiger partial charge on any atom is -0.394 e. The van der Waals surface area contributed by atoms with Crippen LogP contribution in [0.15, 0.2) is 11.8 Å². The molecule has 0 fully saturated rings. The van der Waals surface area contributed by atoms with E-state index in [-0.39, 0.29) is 6.42 Å². The highest BCUT2D eigenvalue weighted by Crippen LogP contribution is 2.28. The van der Waals surface area contributed by atoms with Crippen LogP contribution in [-0.2, 0) is 0 Å². The van der Waals surface area contributed by atoms with Crippen LogP contribution < -0.4 is 5.32 Å². The topological polar surface area (TPSA) is 12.0 Å². The Balaban J connectivity index is 4.15. The van der Waals surface area contributed by atoms with Crippen LogP contribution >= 0.6 is 0 Å². The largest absolute Gasteiger partial charge is 0.414 e. The summed E-state index contributed by atoms with van der Waals surface area (Å²) in [6.07, 6.45) is -1.71. The molecule has 1 nitrogen and oxygen atoms in total. The molecule has 0 aromatic rings. The monoisotopic (exact) mass is 181 g/mol. The lowest BCUT2D eigenvalue weighted by molar-refractivity contribution is -0.0945. The smallest absolute Gasteiger partial charge is 0.394 e. The Morgan fingerprint density at radius 1 is 1.42 bits per heavy atom. The summed E-state index contributed by atoms with van der Waals surface area (Å²) in [5.41, 5.74) is -0.480. The van der Waals surface area contributed by atoms with Crippen LogP contribution in [0, 0.1) is 0 Å². The number of unbranched alkanes of at least 4 members (excludes halogenated alkanes) is 1. The number of allylic oxidation sites excluding steroid dienone is 1. The molecule has 0 bridgehead atoms. The molecule has 4 heteroatoms. The van der Waals surface area contributed by atoms with Crippen molar-refractivity contribution in [3.8, 4) is 0 Å². The van der Waals surface area contributed by atoms with Crippen molar-refractivity contribution in [1.29, 1.82) is 0 Å². The molecule has 0 aliphatic heterocycles. The van der Waals surface area contributed by atoms with Crippen LogP contribution in [-0.4, -0.2) is 13.2 Å². The second kappa shape index (κ2) is 5.06. The molecular formula is C8H14F3N. The van der Waals surface area contributed by atoms with Crippen LogP contribution in [0.4, 0.5) is 13.2 Å². The Morgan fingerprint density at radius 2 is 2.00 bits per heavy atom. The summed E-state index contributed by atoms with van der Waals surface area (Å²) in [4.78, 5) is 0. The maximum Gasteiger partial charge on any atom is 0.414 e. The number of rotatable bonds is 4. The highest BCUT2D eigenvalue weighted by Gasteiger charge is 2.32. The Kier molecular flexibility index (Phi) is 4.78. The molecular weight excluding hydrogens is 167 g/mol. The molecule has 0 spiro atoms. The van der Waals surface area contributed by atoms with E-state index in [1.807, 2.05) is 6.92 Å². The number of hydrogen-bond acceptors (Lipinski definition) is 1. The average molecular weight is 181 g/mol. The van der Waals surface area contributed by atoms with Gasteiger partial charge in [0, 0.05) is 18.8 Å². The highest BCUT2D eigenvalue weighted by molar-refractivity contribution is 5.07. The molecule has 72 valence electrons. The van der Waals surface area contributed by atoms with Gasteiger partial charge in [0.2, 0.25) is 0 Å². The molecule has 0 saturated heterocycles. The van der Waals surface area contributed by atoms with Crippen LogP contribution in [0.25, 0.3) is 0 Å². The molecule has 0 atom stereocenters. The maximum atomic E-state index is 12.1. The van der Waals surface area contributed by atoms with E-state index in [0.717, 1.165) is 12.6 Å². The SMILES string of the molecule is CCCC/C(=C\NC)C(F)(F)F. The molecule has 0 aromatic heterocycles. The lowest BCUT2D eigenvalue weighted by Gasteiger charge is -2.10. The third-order valence-corrected chi connectivity index (χ3v) is 1.48. The third-order valence-electron chi connectivity index (χ3n) is 1.48. The molecule has 0 aliphatic carbocycles. The zero-order valence-corrected chi connectivity index (χ0v) is 7.33. The van der Waals surface area contributed by atoms with Crippen LogP contribution in [0.2, 0.25) is 0 Å². The van der Waals surface area contributed by atoms with E-state index in [0.29, 0.717) is 6.42 Å². The molecule has 0 radical (unpaired) electrons. The molecule has 0 aromatic carbocycles. The number of nitrogens with one attached hydrogen (secondary N) is 1. The van der Waals surface area contributed by atoms with Crippen LogP contribution in [0.3, 0.4) is 0 Å². The van der Waals surface area contributed by atoms with E-state index in [9.17, 15) is 13.2 Å². The van der Waals surface area contributed by atoms with E-state index in [1.165, 1.54) is 7.05 Å². The first kappa shape index (κ1) is 11.3. The van der Waals surface area contributed by atoms with Crippen molar-refractivity contribution in [1.82, 2.24) is 5.32 Å². The van der Waals surface area contributed by atoms with Gasteiger partial charge >= 0.3 is 6.18 Å². The summed E-state index contributed by atoms with van der Waals surface area (Å²) in [5.74, 6) is 0. The van der Waals surface area contributed by atoms with Gasteiger partial charge in [0.25, 0.3) is 0 Å². The summed E-state index contributed by atoms with van der Waals surface area (Å²) in [5, 5.41) is 2.40. The molecule has 0 unspecified atom stereocenters. The first-order chi connectivity index (χ1) is 5.52. The summed E-state index contributed by atoms with van der Waals surface area (Å²) in [6, 6.07) is 0. The zero-order valence-electron chi connectivity index (χ0n) is 7.33. The van der Waals surface area contributed by atoms with Crippen molar-refractivity contribution in [2.24, 2.45) is 0 Å². The fourth-order valence-corrected chi connectivity index (χ4v) is 0.837. The normalized spacial score (nSPS) is 13.2. The van der Waals surface area contributed by atoms with Crippen molar-refractivity contribution in [3.05, 3.63) is 11.8 Å². The quantitative estimate of drug-likeness (QED) is 0.703. The van der Waals surface area contributed by atoms with Crippen LogP contribution in [0.1, 0.15) is 26.2 Å². The van der Waals surface area contributed by atoms with Gasteiger partial charge in [-0.15, -0.1) is 0 Å². The molecule has 1 N–H and O–H groups in total. The van der Waals surface area contributed by atoms with Crippen molar-refractivity contribution >= 4 is 0 Å². The zero-order chi connectivity index (χ0) is 9.61. The van der Waals surface area contributed by atoms with Gasteiger partial charge in [-0.2, -0.15) is 13.2 Å². The molecule has 0 saturated carbocycles.